The molecule has 24 heavy (non-hydrogen) atoms. The Kier molecular flexibility index (Phi) is 5.75. The number of carbonyl (C=O) groups is 1. The number of hydrogen-bond acceptors (Lipinski definition) is 5. The first-order valence-corrected chi connectivity index (χ1v) is 7.94. The number of nitrogens with one attached hydrogen (secondary N) is 1. The number of aliphatic hydroxyl groups excluding tert-OH is 2. The van der Waals surface area contributed by atoms with E-state index in [9.17, 15) is 15.0 Å². The summed E-state index contributed by atoms with van der Waals surface area (Å²) in [5.41, 5.74) is 0.654. The normalized spacial score (nSPS) is 14.2. The fourth-order valence-electron chi connectivity index (χ4n) is 2.37. The van der Waals surface area contributed by atoms with Crippen LogP contribution in [-0.4, -0.2) is 39.5 Å². The van der Waals surface area contributed by atoms with Gasteiger partial charge in [-0.25, -0.2) is 4.79 Å². The molecule has 130 valence electrons. The van der Waals surface area contributed by atoms with Crippen LogP contribution < -0.4 is 5.32 Å². The minimum atomic E-state index is -1.08. The molecule has 0 aliphatic carbocycles. The molecule has 0 aliphatic rings. The van der Waals surface area contributed by atoms with Crippen LogP contribution in [0, 0.1) is 0 Å². The summed E-state index contributed by atoms with van der Waals surface area (Å²) in [5, 5.41) is 24.1. The number of ether oxygens (including phenoxy) is 1. The third kappa shape index (κ3) is 4.91. The molecule has 0 fully saturated rings. The molecule has 3 N–H and O–H groups in total. The Balaban J connectivity index is 1.94. The number of amides is 1. The molecule has 0 saturated heterocycles. The highest BCUT2D eigenvalue weighted by Crippen LogP contribution is 2.25. The van der Waals surface area contributed by atoms with Gasteiger partial charge < -0.3 is 20.3 Å². The molecule has 2 aromatic rings. The van der Waals surface area contributed by atoms with Gasteiger partial charge in [0.25, 0.3) is 0 Å². The summed E-state index contributed by atoms with van der Waals surface area (Å²) in [6.45, 7) is 5.53. The number of alkyl carbamates (subject to hydrolysis) is 1. The molecule has 0 bridgehead atoms. The second-order valence-corrected chi connectivity index (χ2v) is 6.65. The third-order valence-electron chi connectivity index (χ3n) is 3.46. The molecule has 2 atom stereocenters. The first kappa shape index (κ1) is 18.2. The molecule has 6 heteroatoms. The summed E-state index contributed by atoms with van der Waals surface area (Å²) in [7, 11) is 0. The maximum atomic E-state index is 11.6. The number of para-hydroxylation sites is 1. The zero-order valence-corrected chi connectivity index (χ0v) is 14.2. The van der Waals surface area contributed by atoms with Crippen molar-refractivity contribution in [3.63, 3.8) is 0 Å². The highest BCUT2D eigenvalue weighted by atomic mass is 16.6. The fourth-order valence-corrected chi connectivity index (χ4v) is 2.37. The Bertz CT molecular complexity index is 691. The van der Waals surface area contributed by atoms with Gasteiger partial charge in [0, 0.05) is 23.7 Å². The van der Waals surface area contributed by atoms with Crippen molar-refractivity contribution in [1.82, 2.24) is 10.3 Å². The lowest BCUT2D eigenvalue weighted by Gasteiger charge is -2.21. The standard InChI is InChI=1S/C18H24N2O4/c1-18(2,3)24-17(23)20-11-9-14(21)16(22)13-8-4-6-12-7-5-10-19-15(12)13/h4-8,10,14,16,21-22H,9,11H2,1-3H3,(H,20,23). The van der Waals surface area contributed by atoms with E-state index in [2.05, 4.69) is 10.3 Å². The summed E-state index contributed by atoms with van der Waals surface area (Å²) in [6, 6.07) is 9.17. The average Bonchev–Trinajstić information content (AvgIpc) is 2.51. The van der Waals surface area contributed by atoms with Crippen molar-refractivity contribution in [2.45, 2.75) is 45.0 Å². The largest absolute Gasteiger partial charge is 0.444 e. The zero-order valence-electron chi connectivity index (χ0n) is 14.2. The summed E-state index contributed by atoms with van der Waals surface area (Å²) < 4.78 is 5.12. The first-order chi connectivity index (χ1) is 11.3. The smallest absolute Gasteiger partial charge is 0.407 e. The van der Waals surface area contributed by atoms with E-state index in [-0.39, 0.29) is 13.0 Å². The Hall–Kier alpha value is -2.18. The van der Waals surface area contributed by atoms with Crippen molar-refractivity contribution in [2.75, 3.05) is 6.54 Å². The first-order valence-electron chi connectivity index (χ1n) is 7.94. The van der Waals surface area contributed by atoms with Gasteiger partial charge in [0.2, 0.25) is 0 Å². The van der Waals surface area contributed by atoms with Crippen LogP contribution in [0.2, 0.25) is 0 Å². The summed E-state index contributed by atoms with van der Waals surface area (Å²) in [6.07, 6.45) is -0.800. The topological polar surface area (TPSA) is 91.7 Å². The van der Waals surface area contributed by atoms with Gasteiger partial charge in [0.15, 0.2) is 0 Å². The molecular weight excluding hydrogens is 308 g/mol. The maximum absolute atomic E-state index is 11.6. The van der Waals surface area contributed by atoms with Gasteiger partial charge in [-0.15, -0.1) is 0 Å². The van der Waals surface area contributed by atoms with Crippen LogP contribution in [0.15, 0.2) is 36.5 Å². The van der Waals surface area contributed by atoms with E-state index in [1.165, 1.54) is 0 Å². The molecule has 0 aliphatic heterocycles. The molecule has 6 nitrogen and oxygen atoms in total. The minimum absolute atomic E-state index is 0.198. The van der Waals surface area contributed by atoms with Crippen LogP contribution in [-0.2, 0) is 4.74 Å². The van der Waals surface area contributed by atoms with Crippen molar-refractivity contribution in [3.8, 4) is 0 Å². The summed E-state index contributed by atoms with van der Waals surface area (Å²) in [4.78, 5) is 15.8. The van der Waals surface area contributed by atoms with Gasteiger partial charge in [0.1, 0.15) is 11.7 Å². The highest BCUT2D eigenvalue weighted by molar-refractivity contribution is 5.81. The number of aliphatic hydroxyl groups is 2. The molecular formula is C18H24N2O4. The molecule has 2 rings (SSSR count). The summed E-state index contributed by atoms with van der Waals surface area (Å²) >= 11 is 0. The van der Waals surface area contributed by atoms with Crippen LogP contribution in [0.5, 0.6) is 0 Å². The molecule has 0 spiro atoms. The lowest BCUT2D eigenvalue weighted by molar-refractivity contribution is 0.0130. The Labute approximate surface area is 141 Å². The monoisotopic (exact) mass is 332 g/mol. The molecule has 1 amide bonds. The number of benzene rings is 1. The van der Waals surface area contributed by atoms with E-state index in [1.807, 2.05) is 24.3 Å². The molecule has 2 unspecified atom stereocenters. The molecule has 1 aromatic carbocycles. The zero-order chi connectivity index (χ0) is 17.7. The van der Waals surface area contributed by atoms with E-state index in [0.29, 0.717) is 11.1 Å². The van der Waals surface area contributed by atoms with E-state index in [1.54, 1.807) is 33.0 Å². The quantitative estimate of drug-likeness (QED) is 0.782. The molecule has 0 radical (unpaired) electrons. The second-order valence-electron chi connectivity index (χ2n) is 6.65. The average molecular weight is 332 g/mol. The van der Waals surface area contributed by atoms with Crippen molar-refractivity contribution in [1.29, 1.82) is 0 Å². The van der Waals surface area contributed by atoms with Crippen LogP contribution in [0.4, 0.5) is 4.79 Å². The van der Waals surface area contributed by atoms with E-state index in [4.69, 9.17) is 4.74 Å². The highest BCUT2D eigenvalue weighted by Gasteiger charge is 2.21. The van der Waals surface area contributed by atoms with Crippen LogP contribution >= 0.6 is 0 Å². The van der Waals surface area contributed by atoms with Gasteiger partial charge in [-0.2, -0.15) is 0 Å². The number of aromatic nitrogens is 1. The van der Waals surface area contributed by atoms with Crippen molar-refractivity contribution >= 4 is 17.0 Å². The fraction of sp³-hybridized carbons (Fsp3) is 0.444. The van der Waals surface area contributed by atoms with Gasteiger partial charge in [-0.05, 0) is 33.3 Å². The van der Waals surface area contributed by atoms with Gasteiger partial charge in [-0.1, -0.05) is 24.3 Å². The van der Waals surface area contributed by atoms with Gasteiger partial charge in [-0.3, -0.25) is 4.98 Å². The number of hydrogen-bond donors (Lipinski definition) is 3. The molecule has 1 aromatic heterocycles. The van der Waals surface area contributed by atoms with Crippen LogP contribution in [0.25, 0.3) is 10.9 Å². The van der Waals surface area contributed by atoms with Crippen molar-refractivity contribution < 1.29 is 19.7 Å². The number of rotatable bonds is 5. The molecule has 0 saturated carbocycles. The van der Waals surface area contributed by atoms with Crippen molar-refractivity contribution in [3.05, 3.63) is 42.1 Å². The predicted molar refractivity (Wildman–Crippen MR) is 91.6 cm³/mol. The van der Waals surface area contributed by atoms with E-state index >= 15 is 0 Å². The van der Waals surface area contributed by atoms with E-state index < -0.39 is 23.9 Å². The SMILES string of the molecule is CC(C)(C)OC(=O)NCCC(O)C(O)c1cccc2cccnc12. The third-order valence-corrected chi connectivity index (χ3v) is 3.46. The lowest BCUT2D eigenvalue weighted by atomic mass is 9.99. The molecule has 1 heterocycles. The van der Waals surface area contributed by atoms with Gasteiger partial charge >= 0.3 is 6.09 Å². The Morgan fingerprint density at radius 3 is 2.67 bits per heavy atom. The predicted octanol–water partition coefficient (Wildman–Crippen LogP) is 2.54. The Morgan fingerprint density at radius 2 is 1.96 bits per heavy atom. The summed E-state index contributed by atoms with van der Waals surface area (Å²) in [5.74, 6) is 0. The number of fused-ring (bicyclic) bond motifs is 1. The second kappa shape index (κ2) is 7.59. The Morgan fingerprint density at radius 1 is 1.25 bits per heavy atom. The van der Waals surface area contributed by atoms with Crippen LogP contribution in [0.3, 0.4) is 0 Å². The van der Waals surface area contributed by atoms with Crippen LogP contribution in [0.1, 0.15) is 38.9 Å². The van der Waals surface area contributed by atoms with E-state index in [0.717, 1.165) is 5.39 Å². The van der Waals surface area contributed by atoms with Crippen molar-refractivity contribution in [2.24, 2.45) is 0 Å². The van der Waals surface area contributed by atoms with Gasteiger partial charge in [0.05, 0.1) is 11.6 Å². The number of carbonyl (C=O) groups excluding carboxylic acids is 1. The minimum Gasteiger partial charge on any atom is -0.444 e. The maximum Gasteiger partial charge on any atom is 0.407 e. The number of nitrogens with zero attached hydrogens (tertiary/aromatic N) is 1. The number of pyridine rings is 1. The lowest BCUT2D eigenvalue weighted by Crippen LogP contribution is -2.34.